The first kappa shape index (κ1) is 14.5. The van der Waals surface area contributed by atoms with Crippen molar-refractivity contribution in [3.63, 3.8) is 0 Å². The van der Waals surface area contributed by atoms with Gasteiger partial charge in [-0.25, -0.2) is 4.79 Å². The van der Waals surface area contributed by atoms with Crippen LogP contribution in [0.4, 0.5) is 4.79 Å². The van der Waals surface area contributed by atoms with E-state index in [2.05, 4.69) is 5.16 Å². The number of ether oxygens (including phenoxy) is 1. The van der Waals surface area contributed by atoms with Crippen LogP contribution in [-0.4, -0.2) is 83.3 Å². The fourth-order valence-corrected chi connectivity index (χ4v) is 3.70. The summed E-state index contributed by atoms with van der Waals surface area (Å²) in [6.45, 7) is 3.77. The zero-order valence-corrected chi connectivity index (χ0v) is 12.9. The predicted octanol–water partition coefficient (Wildman–Crippen LogP) is 0.416. The molecule has 8 nitrogen and oxygen atoms in total. The Morgan fingerprint density at radius 2 is 1.96 bits per heavy atom. The van der Waals surface area contributed by atoms with E-state index in [9.17, 15) is 9.59 Å². The SMILES string of the molecule is O=C(c1ccno1)N1CCN2C(=O)N(C3CCOCC3)C[C@H]2C1. The maximum atomic E-state index is 12.6. The third-order valence-electron chi connectivity index (χ3n) is 4.95. The topological polar surface area (TPSA) is 79.1 Å². The first-order valence-electron chi connectivity index (χ1n) is 8.09. The van der Waals surface area contributed by atoms with Crippen LogP contribution in [0.2, 0.25) is 0 Å². The van der Waals surface area contributed by atoms with Crippen molar-refractivity contribution in [2.24, 2.45) is 0 Å². The van der Waals surface area contributed by atoms with Gasteiger partial charge in [-0.15, -0.1) is 0 Å². The van der Waals surface area contributed by atoms with Crippen LogP contribution in [0.15, 0.2) is 16.8 Å². The van der Waals surface area contributed by atoms with Crippen LogP contribution in [0.25, 0.3) is 0 Å². The molecule has 0 saturated carbocycles. The van der Waals surface area contributed by atoms with Crippen molar-refractivity contribution in [2.75, 3.05) is 39.4 Å². The standard InChI is InChI=1S/C15H20N4O4/c20-14(13-1-4-16-23-13)17-5-6-18-12(9-17)10-19(15(18)21)11-2-7-22-8-3-11/h1,4,11-12H,2-3,5-10H2/t12-/m1/s1. The van der Waals surface area contributed by atoms with E-state index in [0.29, 0.717) is 26.2 Å². The quantitative estimate of drug-likeness (QED) is 0.789. The maximum Gasteiger partial charge on any atom is 0.320 e. The van der Waals surface area contributed by atoms with Gasteiger partial charge in [0.05, 0.1) is 12.2 Å². The molecular weight excluding hydrogens is 300 g/mol. The lowest BCUT2D eigenvalue weighted by atomic mass is 10.1. The Morgan fingerprint density at radius 1 is 1.13 bits per heavy atom. The van der Waals surface area contributed by atoms with Gasteiger partial charge in [-0.3, -0.25) is 4.79 Å². The van der Waals surface area contributed by atoms with E-state index < -0.39 is 0 Å². The summed E-state index contributed by atoms with van der Waals surface area (Å²) in [5, 5.41) is 3.58. The van der Waals surface area contributed by atoms with E-state index in [-0.39, 0.29) is 29.8 Å². The second-order valence-corrected chi connectivity index (χ2v) is 6.25. The number of carbonyl (C=O) groups excluding carboxylic acids is 2. The molecule has 0 aliphatic carbocycles. The van der Waals surface area contributed by atoms with E-state index in [1.165, 1.54) is 6.20 Å². The van der Waals surface area contributed by atoms with E-state index in [0.717, 1.165) is 26.1 Å². The van der Waals surface area contributed by atoms with Gasteiger partial charge in [0.25, 0.3) is 5.91 Å². The lowest BCUT2D eigenvalue weighted by Crippen LogP contribution is -2.53. The van der Waals surface area contributed by atoms with E-state index in [4.69, 9.17) is 9.26 Å². The minimum atomic E-state index is -0.154. The molecule has 0 N–H and O–H groups in total. The summed E-state index contributed by atoms with van der Waals surface area (Å²) >= 11 is 0. The van der Waals surface area contributed by atoms with Gasteiger partial charge in [0.15, 0.2) is 0 Å². The molecule has 1 atom stereocenters. The van der Waals surface area contributed by atoms with E-state index in [1.807, 2.05) is 9.80 Å². The number of urea groups is 1. The van der Waals surface area contributed by atoms with Crippen LogP contribution < -0.4 is 0 Å². The van der Waals surface area contributed by atoms with Gasteiger partial charge in [-0.1, -0.05) is 5.16 Å². The van der Waals surface area contributed by atoms with Crippen LogP contribution in [0.3, 0.4) is 0 Å². The fraction of sp³-hybridized carbons (Fsp3) is 0.667. The summed E-state index contributed by atoms with van der Waals surface area (Å²) in [5.41, 5.74) is 0. The predicted molar refractivity (Wildman–Crippen MR) is 78.8 cm³/mol. The summed E-state index contributed by atoms with van der Waals surface area (Å²) < 4.78 is 10.3. The highest BCUT2D eigenvalue weighted by Crippen LogP contribution is 2.26. The van der Waals surface area contributed by atoms with Gasteiger partial charge in [0.1, 0.15) is 0 Å². The monoisotopic (exact) mass is 320 g/mol. The van der Waals surface area contributed by atoms with Crippen LogP contribution in [0, 0.1) is 0 Å². The number of nitrogens with zero attached hydrogens (tertiary/aromatic N) is 4. The number of carbonyl (C=O) groups is 2. The second-order valence-electron chi connectivity index (χ2n) is 6.25. The first-order chi connectivity index (χ1) is 11.2. The number of aromatic nitrogens is 1. The minimum absolute atomic E-state index is 0.0611. The molecule has 0 bridgehead atoms. The van der Waals surface area contributed by atoms with Crippen molar-refractivity contribution in [1.29, 1.82) is 0 Å². The molecule has 3 amide bonds. The summed E-state index contributed by atoms with van der Waals surface area (Å²) in [5.74, 6) is 0.100. The molecule has 23 heavy (non-hydrogen) atoms. The molecule has 3 saturated heterocycles. The molecule has 3 aliphatic heterocycles. The number of rotatable bonds is 2. The van der Waals surface area contributed by atoms with Crippen LogP contribution >= 0.6 is 0 Å². The number of fused-ring (bicyclic) bond motifs is 1. The van der Waals surface area contributed by atoms with Gasteiger partial charge >= 0.3 is 6.03 Å². The van der Waals surface area contributed by atoms with E-state index in [1.54, 1.807) is 11.0 Å². The molecule has 0 radical (unpaired) electrons. The Kier molecular flexibility index (Phi) is 3.68. The summed E-state index contributed by atoms with van der Waals surface area (Å²) in [4.78, 5) is 30.6. The Morgan fingerprint density at radius 3 is 2.70 bits per heavy atom. The van der Waals surface area contributed by atoms with Crippen LogP contribution in [-0.2, 0) is 4.74 Å². The summed E-state index contributed by atoms with van der Waals surface area (Å²) in [6, 6.07) is 2.00. The molecule has 3 aliphatic rings. The van der Waals surface area contributed by atoms with Gasteiger partial charge in [-0.2, -0.15) is 0 Å². The average Bonchev–Trinajstić information content (AvgIpc) is 3.23. The largest absolute Gasteiger partial charge is 0.381 e. The molecule has 1 aromatic rings. The highest BCUT2D eigenvalue weighted by Gasteiger charge is 2.44. The minimum Gasteiger partial charge on any atom is -0.381 e. The van der Waals surface area contributed by atoms with Gasteiger partial charge in [0.2, 0.25) is 5.76 Å². The van der Waals surface area contributed by atoms with Crippen LogP contribution in [0.1, 0.15) is 23.4 Å². The third kappa shape index (κ3) is 2.56. The lowest BCUT2D eigenvalue weighted by molar-refractivity contribution is 0.0504. The average molecular weight is 320 g/mol. The summed E-state index contributed by atoms with van der Waals surface area (Å²) in [7, 11) is 0. The van der Waals surface area contributed by atoms with Crippen molar-refractivity contribution in [3.8, 4) is 0 Å². The molecule has 0 spiro atoms. The molecule has 3 fully saturated rings. The molecule has 0 aromatic carbocycles. The highest BCUT2D eigenvalue weighted by atomic mass is 16.5. The van der Waals surface area contributed by atoms with Crippen molar-refractivity contribution in [2.45, 2.75) is 24.9 Å². The zero-order valence-electron chi connectivity index (χ0n) is 12.9. The molecule has 4 heterocycles. The molecule has 124 valence electrons. The Balaban J connectivity index is 1.43. The number of hydrogen-bond acceptors (Lipinski definition) is 5. The van der Waals surface area contributed by atoms with E-state index >= 15 is 0 Å². The molecular formula is C15H20N4O4. The Bertz CT molecular complexity index is 584. The normalized spacial score (nSPS) is 25.8. The molecule has 8 heteroatoms. The van der Waals surface area contributed by atoms with Gasteiger partial charge < -0.3 is 24.0 Å². The number of piperazine rings is 1. The molecule has 4 rings (SSSR count). The number of hydrogen-bond donors (Lipinski definition) is 0. The maximum absolute atomic E-state index is 12.6. The smallest absolute Gasteiger partial charge is 0.320 e. The van der Waals surface area contributed by atoms with Crippen molar-refractivity contribution in [3.05, 3.63) is 18.0 Å². The molecule has 1 aromatic heterocycles. The first-order valence-corrected chi connectivity index (χ1v) is 8.09. The lowest BCUT2D eigenvalue weighted by Gasteiger charge is -2.35. The number of amides is 3. The zero-order chi connectivity index (χ0) is 15.8. The molecule has 0 unspecified atom stereocenters. The Hall–Kier alpha value is -2.09. The van der Waals surface area contributed by atoms with Gasteiger partial charge in [-0.05, 0) is 12.8 Å². The second kappa shape index (κ2) is 5.84. The van der Waals surface area contributed by atoms with Crippen LogP contribution in [0.5, 0.6) is 0 Å². The third-order valence-corrected chi connectivity index (χ3v) is 4.95. The van der Waals surface area contributed by atoms with Crippen molar-refractivity contribution >= 4 is 11.9 Å². The van der Waals surface area contributed by atoms with Gasteiger partial charge in [0, 0.05) is 51.5 Å². The van der Waals surface area contributed by atoms with Crippen molar-refractivity contribution < 1.29 is 18.8 Å². The van der Waals surface area contributed by atoms with Crippen molar-refractivity contribution in [1.82, 2.24) is 19.9 Å². The fourth-order valence-electron chi connectivity index (χ4n) is 3.70. The Labute approximate surface area is 133 Å². The highest BCUT2D eigenvalue weighted by molar-refractivity contribution is 5.91. The summed E-state index contributed by atoms with van der Waals surface area (Å²) in [6.07, 6.45) is 3.26.